The van der Waals surface area contributed by atoms with Crippen molar-refractivity contribution in [2.24, 2.45) is 0 Å². The second-order valence-corrected chi connectivity index (χ2v) is 5.55. The summed E-state index contributed by atoms with van der Waals surface area (Å²) in [4.78, 5) is 34.8. The summed E-state index contributed by atoms with van der Waals surface area (Å²) in [5.41, 5.74) is 1.57. The minimum atomic E-state index is -0.652. The van der Waals surface area contributed by atoms with Crippen LogP contribution in [0, 0.1) is 0 Å². The minimum Gasteiger partial charge on any atom is -0.465 e. The van der Waals surface area contributed by atoms with E-state index >= 15 is 0 Å². The summed E-state index contributed by atoms with van der Waals surface area (Å²) in [6.45, 7) is -0.433. The van der Waals surface area contributed by atoms with Crippen LogP contribution in [0.1, 0.15) is 15.9 Å². The van der Waals surface area contributed by atoms with Crippen molar-refractivity contribution in [2.45, 2.75) is 0 Å². The molecule has 0 bridgehead atoms. The van der Waals surface area contributed by atoms with E-state index < -0.39 is 24.5 Å². The molecule has 0 radical (unpaired) electrons. The number of carbonyl (C=O) groups is 3. The highest BCUT2D eigenvalue weighted by Crippen LogP contribution is 2.12. The van der Waals surface area contributed by atoms with E-state index in [4.69, 9.17) is 16.3 Å². The number of amides is 1. The van der Waals surface area contributed by atoms with Crippen LogP contribution in [0.25, 0.3) is 6.08 Å². The van der Waals surface area contributed by atoms with Gasteiger partial charge in [-0.25, -0.2) is 9.59 Å². The molecule has 134 valence electrons. The number of ether oxygens (including phenoxy) is 2. The molecule has 1 N–H and O–H groups in total. The molecular weight excluding hydrogens is 358 g/mol. The number of nitrogens with one attached hydrogen (secondary N) is 1. The van der Waals surface area contributed by atoms with Gasteiger partial charge in [0.2, 0.25) is 0 Å². The summed E-state index contributed by atoms with van der Waals surface area (Å²) in [7, 11) is 1.28. The molecule has 7 heteroatoms. The first-order chi connectivity index (χ1) is 12.5. The summed E-state index contributed by atoms with van der Waals surface area (Å²) in [5, 5.41) is 3.11. The van der Waals surface area contributed by atoms with Crippen LogP contribution in [-0.4, -0.2) is 31.6 Å². The maximum atomic E-state index is 11.8. The summed E-state index contributed by atoms with van der Waals surface area (Å²) < 4.78 is 9.45. The Balaban J connectivity index is 1.80. The Kier molecular flexibility index (Phi) is 6.93. The van der Waals surface area contributed by atoms with E-state index in [0.29, 0.717) is 16.3 Å². The van der Waals surface area contributed by atoms with Crippen LogP contribution < -0.4 is 5.32 Å². The lowest BCUT2D eigenvalue weighted by Crippen LogP contribution is -2.20. The third kappa shape index (κ3) is 6.07. The van der Waals surface area contributed by atoms with Gasteiger partial charge < -0.3 is 14.8 Å². The first-order valence-electron chi connectivity index (χ1n) is 7.56. The molecule has 0 aromatic heterocycles. The van der Waals surface area contributed by atoms with E-state index in [2.05, 4.69) is 10.1 Å². The number of anilines is 1. The summed E-state index contributed by atoms with van der Waals surface area (Å²) in [6, 6.07) is 13.1. The fourth-order valence-corrected chi connectivity index (χ4v) is 2.16. The number of hydrogen-bond acceptors (Lipinski definition) is 5. The summed E-state index contributed by atoms with van der Waals surface area (Å²) in [6.07, 6.45) is 2.75. The van der Waals surface area contributed by atoms with Gasteiger partial charge in [-0.1, -0.05) is 23.7 Å². The molecule has 0 atom stereocenters. The maximum absolute atomic E-state index is 11.8. The fraction of sp³-hybridized carbons (Fsp3) is 0.105. The fourth-order valence-electron chi connectivity index (χ4n) is 1.96. The van der Waals surface area contributed by atoms with Gasteiger partial charge in [0.25, 0.3) is 5.91 Å². The average molecular weight is 374 g/mol. The summed E-state index contributed by atoms with van der Waals surface area (Å²) in [5.74, 6) is -1.62. The van der Waals surface area contributed by atoms with E-state index in [-0.39, 0.29) is 0 Å². The molecule has 2 aromatic rings. The lowest BCUT2D eigenvalue weighted by Gasteiger charge is -2.06. The van der Waals surface area contributed by atoms with Gasteiger partial charge in [-0.15, -0.1) is 0 Å². The van der Waals surface area contributed by atoms with Gasteiger partial charge in [0.1, 0.15) is 0 Å². The molecule has 1 amide bonds. The van der Waals surface area contributed by atoms with Gasteiger partial charge in [-0.3, -0.25) is 4.79 Å². The number of rotatable bonds is 6. The smallest absolute Gasteiger partial charge is 0.337 e. The van der Waals surface area contributed by atoms with Crippen LogP contribution in [0.3, 0.4) is 0 Å². The molecular formula is C19H16ClNO5. The predicted octanol–water partition coefficient (Wildman–Crippen LogP) is 3.32. The molecule has 0 spiro atoms. The molecule has 6 nitrogen and oxygen atoms in total. The second kappa shape index (κ2) is 9.39. The molecule has 0 aliphatic carbocycles. The van der Waals surface area contributed by atoms with Crippen molar-refractivity contribution >= 4 is 41.2 Å². The molecule has 0 fully saturated rings. The predicted molar refractivity (Wildman–Crippen MR) is 97.9 cm³/mol. The largest absolute Gasteiger partial charge is 0.465 e. The standard InChI is InChI=1S/C19H16ClNO5/c1-25-19(24)14-6-8-16(9-7-14)21-17(22)12-26-18(23)10-5-13-3-2-4-15(20)11-13/h2-11H,12H2,1H3,(H,21,22)/b10-5+. The van der Waals surface area contributed by atoms with Crippen molar-refractivity contribution in [1.29, 1.82) is 0 Å². The van der Waals surface area contributed by atoms with Crippen molar-refractivity contribution in [3.8, 4) is 0 Å². The van der Waals surface area contributed by atoms with Crippen LogP contribution in [-0.2, 0) is 19.1 Å². The van der Waals surface area contributed by atoms with Crippen molar-refractivity contribution in [2.75, 3.05) is 19.0 Å². The molecule has 0 heterocycles. The molecule has 0 unspecified atom stereocenters. The van der Waals surface area contributed by atoms with Gasteiger partial charge >= 0.3 is 11.9 Å². The number of carbonyl (C=O) groups excluding carboxylic acids is 3. The van der Waals surface area contributed by atoms with Crippen LogP contribution in [0.4, 0.5) is 5.69 Å². The Hall–Kier alpha value is -3.12. The van der Waals surface area contributed by atoms with Crippen molar-refractivity contribution in [3.05, 3.63) is 70.8 Å². The molecule has 26 heavy (non-hydrogen) atoms. The van der Waals surface area contributed by atoms with Crippen molar-refractivity contribution in [3.63, 3.8) is 0 Å². The highest BCUT2D eigenvalue weighted by Gasteiger charge is 2.08. The SMILES string of the molecule is COC(=O)c1ccc(NC(=O)COC(=O)/C=C/c2cccc(Cl)c2)cc1. The van der Waals surface area contributed by atoms with Gasteiger partial charge in [-0.05, 0) is 48.0 Å². The zero-order chi connectivity index (χ0) is 18.9. The quantitative estimate of drug-likeness (QED) is 0.620. The first-order valence-corrected chi connectivity index (χ1v) is 7.94. The minimum absolute atomic E-state index is 0.364. The number of benzene rings is 2. The Morgan fingerprint density at radius 2 is 1.85 bits per heavy atom. The monoisotopic (exact) mass is 373 g/mol. The third-order valence-electron chi connectivity index (χ3n) is 3.20. The molecule has 0 saturated carbocycles. The normalized spacial score (nSPS) is 10.4. The number of methoxy groups -OCH3 is 1. The van der Waals surface area contributed by atoms with Crippen molar-refractivity contribution < 1.29 is 23.9 Å². The van der Waals surface area contributed by atoms with Crippen LogP contribution in [0.2, 0.25) is 5.02 Å². The lowest BCUT2D eigenvalue weighted by atomic mass is 10.2. The zero-order valence-electron chi connectivity index (χ0n) is 13.9. The van der Waals surface area contributed by atoms with E-state index in [0.717, 1.165) is 5.56 Å². The highest BCUT2D eigenvalue weighted by molar-refractivity contribution is 6.30. The molecule has 2 aromatic carbocycles. The van der Waals surface area contributed by atoms with E-state index in [1.807, 2.05) is 0 Å². The lowest BCUT2D eigenvalue weighted by molar-refractivity contribution is -0.142. The van der Waals surface area contributed by atoms with Crippen molar-refractivity contribution in [1.82, 2.24) is 0 Å². The molecule has 2 rings (SSSR count). The molecule has 0 saturated heterocycles. The van der Waals surface area contributed by atoms with E-state index in [9.17, 15) is 14.4 Å². The van der Waals surface area contributed by atoms with Crippen LogP contribution >= 0.6 is 11.6 Å². The Morgan fingerprint density at radius 1 is 1.12 bits per heavy atom. The van der Waals surface area contributed by atoms with Crippen LogP contribution in [0.5, 0.6) is 0 Å². The Labute approximate surface area is 155 Å². The number of hydrogen-bond donors (Lipinski definition) is 1. The van der Waals surface area contributed by atoms with Gasteiger partial charge in [0.15, 0.2) is 6.61 Å². The number of halogens is 1. The Morgan fingerprint density at radius 3 is 2.50 bits per heavy atom. The summed E-state index contributed by atoms with van der Waals surface area (Å²) >= 11 is 5.85. The first kappa shape index (κ1) is 19.2. The average Bonchev–Trinajstić information content (AvgIpc) is 2.64. The Bertz CT molecular complexity index is 830. The van der Waals surface area contributed by atoms with E-state index in [1.54, 1.807) is 36.4 Å². The van der Waals surface area contributed by atoms with E-state index in [1.165, 1.54) is 31.4 Å². The maximum Gasteiger partial charge on any atom is 0.337 e. The second-order valence-electron chi connectivity index (χ2n) is 5.11. The molecule has 0 aliphatic rings. The zero-order valence-corrected chi connectivity index (χ0v) is 14.7. The van der Waals surface area contributed by atoms with Crippen LogP contribution in [0.15, 0.2) is 54.6 Å². The number of esters is 2. The van der Waals surface area contributed by atoms with Gasteiger partial charge in [-0.2, -0.15) is 0 Å². The highest BCUT2D eigenvalue weighted by atomic mass is 35.5. The van der Waals surface area contributed by atoms with Gasteiger partial charge in [0, 0.05) is 16.8 Å². The third-order valence-corrected chi connectivity index (χ3v) is 3.43. The topological polar surface area (TPSA) is 81.7 Å². The molecule has 0 aliphatic heterocycles. The van der Waals surface area contributed by atoms with Gasteiger partial charge in [0.05, 0.1) is 12.7 Å².